The summed E-state index contributed by atoms with van der Waals surface area (Å²) in [6.07, 6.45) is 6.30. The molecule has 1 fully saturated rings. The number of aryl methyl sites for hydroxylation is 1. The molecule has 2 N–H and O–H groups in total. The molecular weight excluding hydrogens is 370 g/mol. The third kappa shape index (κ3) is 4.46. The van der Waals surface area contributed by atoms with Crippen molar-refractivity contribution >= 4 is 44.6 Å². The fourth-order valence-electron chi connectivity index (χ4n) is 2.80. The van der Waals surface area contributed by atoms with Gasteiger partial charge in [0.1, 0.15) is 0 Å². The fourth-order valence-corrected chi connectivity index (χ4v) is 3.74. The number of fused-ring (bicyclic) bond motifs is 1. The number of rotatable bonds is 6. The Morgan fingerprint density at radius 1 is 1.18 bits per heavy atom. The van der Waals surface area contributed by atoms with Crippen LogP contribution in [0.4, 0.5) is 5.13 Å². The first-order valence-corrected chi connectivity index (χ1v) is 10.2. The Morgan fingerprint density at radius 3 is 2.68 bits per heavy atom. The van der Waals surface area contributed by atoms with E-state index in [1.54, 1.807) is 18.2 Å². The van der Waals surface area contributed by atoms with Crippen molar-refractivity contribution in [1.29, 1.82) is 0 Å². The number of amides is 2. The van der Waals surface area contributed by atoms with E-state index in [1.807, 2.05) is 18.2 Å². The van der Waals surface area contributed by atoms with E-state index in [0.29, 0.717) is 16.7 Å². The standard InChI is InChI=1S/C22H21N3O2S/c1-2-14-5-11-18-19(13-14)28-22(24-18)25-20(26)12-6-15-3-7-16(8-4-15)21(27)23-17-9-10-17/h3-8,11-13,17H,2,9-10H2,1H3,(H,23,27)(H,24,25,26)/b12-6+. The quantitative estimate of drug-likeness (QED) is 0.612. The second-order valence-electron chi connectivity index (χ2n) is 6.87. The monoisotopic (exact) mass is 391 g/mol. The van der Waals surface area contributed by atoms with Gasteiger partial charge >= 0.3 is 0 Å². The van der Waals surface area contributed by atoms with Crippen molar-refractivity contribution in [3.05, 3.63) is 65.2 Å². The molecule has 0 bridgehead atoms. The lowest BCUT2D eigenvalue weighted by Crippen LogP contribution is -2.25. The van der Waals surface area contributed by atoms with E-state index in [1.165, 1.54) is 23.0 Å². The first-order chi connectivity index (χ1) is 13.6. The van der Waals surface area contributed by atoms with Crippen LogP contribution in [0.2, 0.25) is 0 Å². The number of benzene rings is 2. The molecule has 0 saturated heterocycles. The van der Waals surface area contributed by atoms with Gasteiger partial charge in [-0.15, -0.1) is 0 Å². The Morgan fingerprint density at radius 2 is 1.96 bits per heavy atom. The molecule has 0 spiro atoms. The Kier molecular flexibility index (Phi) is 5.21. The summed E-state index contributed by atoms with van der Waals surface area (Å²) in [5, 5.41) is 6.36. The molecule has 2 aromatic carbocycles. The molecule has 0 unspecified atom stereocenters. The van der Waals surface area contributed by atoms with Crippen LogP contribution in [0.1, 0.15) is 41.3 Å². The van der Waals surface area contributed by atoms with E-state index in [2.05, 4.69) is 34.7 Å². The van der Waals surface area contributed by atoms with Gasteiger partial charge in [-0.25, -0.2) is 4.98 Å². The van der Waals surface area contributed by atoms with Gasteiger partial charge in [-0.2, -0.15) is 0 Å². The molecule has 3 aromatic rings. The molecule has 28 heavy (non-hydrogen) atoms. The summed E-state index contributed by atoms with van der Waals surface area (Å²) in [6.45, 7) is 2.11. The number of hydrogen-bond donors (Lipinski definition) is 2. The lowest BCUT2D eigenvalue weighted by Gasteiger charge is -2.03. The molecule has 1 heterocycles. The minimum absolute atomic E-state index is 0.0437. The maximum Gasteiger partial charge on any atom is 0.251 e. The van der Waals surface area contributed by atoms with Gasteiger partial charge in [0.25, 0.3) is 5.91 Å². The average molecular weight is 391 g/mol. The molecule has 0 aliphatic heterocycles. The Hall–Kier alpha value is -2.99. The Labute approximate surface area is 167 Å². The van der Waals surface area contributed by atoms with E-state index < -0.39 is 0 Å². The molecule has 1 aliphatic carbocycles. The van der Waals surface area contributed by atoms with Crippen LogP contribution < -0.4 is 10.6 Å². The number of carbonyl (C=O) groups is 2. The highest BCUT2D eigenvalue weighted by Gasteiger charge is 2.23. The highest BCUT2D eigenvalue weighted by Crippen LogP contribution is 2.27. The van der Waals surface area contributed by atoms with Gasteiger partial charge in [0.2, 0.25) is 5.91 Å². The van der Waals surface area contributed by atoms with Crippen LogP contribution in [0.5, 0.6) is 0 Å². The smallest absolute Gasteiger partial charge is 0.251 e. The molecule has 5 nitrogen and oxygen atoms in total. The first kappa shape index (κ1) is 18.4. The average Bonchev–Trinajstić information content (AvgIpc) is 3.43. The molecule has 142 valence electrons. The van der Waals surface area contributed by atoms with Crippen molar-refractivity contribution in [2.45, 2.75) is 32.2 Å². The van der Waals surface area contributed by atoms with Crippen LogP contribution >= 0.6 is 11.3 Å². The number of anilines is 1. The zero-order valence-electron chi connectivity index (χ0n) is 15.6. The minimum Gasteiger partial charge on any atom is -0.349 e. The van der Waals surface area contributed by atoms with Crippen LogP contribution in [0.3, 0.4) is 0 Å². The number of nitrogens with zero attached hydrogens (tertiary/aromatic N) is 1. The van der Waals surface area contributed by atoms with Crippen LogP contribution in [0, 0.1) is 0 Å². The highest BCUT2D eigenvalue weighted by molar-refractivity contribution is 7.22. The van der Waals surface area contributed by atoms with Gasteiger partial charge in [0, 0.05) is 17.7 Å². The summed E-state index contributed by atoms with van der Waals surface area (Å²) >= 11 is 1.47. The summed E-state index contributed by atoms with van der Waals surface area (Å²) in [5.41, 5.74) is 3.63. The second-order valence-corrected chi connectivity index (χ2v) is 7.90. The third-order valence-electron chi connectivity index (χ3n) is 4.60. The topological polar surface area (TPSA) is 71.1 Å². The summed E-state index contributed by atoms with van der Waals surface area (Å²) in [6, 6.07) is 13.7. The first-order valence-electron chi connectivity index (χ1n) is 9.40. The SMILES string of the molecule is CCc1ccc2nc(NC(=O)/C=C/c3ccc(C(=O)NC4CC4)cc3)sc2c1. The van der Waals surface area contributed by atoms with E-state index in [4.69, 9.17) is 0 Å². The second kappa shape index (κ2) is 7.94. The Balaban J connectivity index is 1.37. The molecule has 0 radical (unpaired) electrons. The van der Waals surface area contributed by atoms with Gasteiger partial charge < -0.3 is 5.32 Å². The number of hydrogen-bond acceptors (Lipinski definition) is 4. The van der Waals surface area contributed by atoms with E-state index in [-0.39, 0.29) is 11.8 Å². The van der Waals surface area contributed by atoms with Crippen molar-refractivity contribution < 1.29 is 9.59 Å². The van der Waals surface area contributed by atoms with E-state index in [9.17, 15) is 9.59 Å². The largest absolute Gasteiger partial charge is 0.349 e. The molecule has 1 aromatic heterocycles. The molecule has 1 aliphatic rings. The maximum atomic E-state index is 12.2. The van der Waals surface area contributed by atoms with Crippen molar-refractivity contribution in [3.63, 3.8) is 0 Å². The lowest BCUT2D eigenvalue weighted by atomic mass is 10.1. The van der Waals surface area contributed by atoms with Crippen LogP contribution in [-0.2, 0) is 11.2 Å². The zero-order valence-corrected chi connectivity index (χ0v) is 16.4. The van der Waals surface area contributed by atoms with Crippen LogP contribution in [0.25, 0.3) is 16.3 Å². The molecule has 0 atom stereocenters. The van der Waals surface area contributed by atoms with E-state index >= 15 is 0 Å². The van der Waals surface area contributed by atoms with Crippen LogP contribution in [-0.4, -0.2) is 22.8 Å². The highest BCUT2D eigenvalue weighted by atomic mass is 32.1. The lowest BCUT2D eigenvalue weighted by molar-refractivity contribution is -0.111. The van der Waals surface area contributed by atoms with Crippen molar-refractivity contribution in [2.75, 3.05) is 5.32 Å². The molecule has 2 amide bonds. The third-order valence-corrected chi connectivity index (χ3v) is 5.54. The molecule has 4 rings (SSSR count). The molecule has 1 saturated carbocycles. The molecular formula is C22H21N3O2S. The van der Waals surface area contributed by atoms with Crippen molar-refractivity contribution in [2.24, 2.45) is 0 Å². The van der Waals surface area contributed by atoms with Crippen LogP contribution in [0.15, 0.2) is 48.5 Å². The van der Waals surface area contributed by atoms with Gasteiger partial charge in [-0.3, -0.25) is 14.9 Å². The van der Waals surface area contributed by atoms with Crippen molar-refractivity contribution in [1.82, 2.24) is 10.3 Å². The number of carbonyl (C=O) groups excluding carboxylic acids is 2. The predicted molar refractivity (Wildman–Crippen MR) is 114 cm³/mol. The summed E-state index contributed by atoms with van der Waals surface area (Å²) in [5.74, 6) is -0.275. The predicted octanol–water partition coefficient (Wildman–Crippen LogP) is 4.40. The zero-order chi connectivity index (χ0) is 19.5. The fraction of sp³-hybridized carbons (Fsp3) is 0.227. The number of thiazole rings is 1. The number of aromatic nitrogens is 1. The Bertz CT molecular complexity index is 1050. The minimum atomic E-state index is -0.231. The van der Waals surface area contributed by atoms with E-state index in [0.717, 1.165) is 35.0 Å². The van der Waals surface area contributed by atoms with Gasteiger partial charge in [-0.05, 0) is 60.7 Å². The normalized spacial score (nSPS) is 13.8. The maximum absolute atomic E-state index is 12.2. The molecule has 6 heteroatoms. The summed E-state index contributed by atoms with van der Waals surface area (Å²) in [4.78, 5) is 28.6. The van der Waals surface area contributed by atoms with Gasteiger partial charge in [0.15, 0.2) is 5.13 Å². The van der Waals surface area contributed by atoms with Gasteiger partial charge in [-0.1, -0.05) is 36.5 Å². The summed E-state index contributed by atoms with van der Waals surface area (Å²) < 4.78 is 1.07. The number of nitrogens with one attached hydrogen (secondary N) is 2. The van der Waals surface area contributed by atoms with Crippen molar-refractivity contribution in [3.8, 4) is 0 Å². The van der Waals surface area contributed by atoms with Gasteiger partial charge in [0.05, 0.1) is 10.2 Å². The summed E-state index contributed by atoms with van der Waals surface area (Å²) in [7, 11) is 0.